The average Bonchev–Trinajstić information content (AvgIpc) is 3.56. The second-order valence-electron chi connectivity index (χ2n) is 7.10. The summed E-state index contributed by atoms with van der Waals surface area (Å²) < 4.78 is 26.9. The number of oxazole rings is 1. The van der Waals surface area contributed by atoms with Gasteiger partial charge < -0.3 is 9.15 Å². The summed E-state index contributed by atoms with van der Waals surface area (Å²) in [6.07, 6.45) is 0.408. The molecule has 166 valence electrons. The average molecular weight is 464 g/mol. The summed E-state index contributed by atoms with van der Waals surface area (Å²) in [5, 5.41) is 6.18. The van der Waals surface area contributed by atoms with Crippen molar-refractivity contribution in [1.29, 1.82) is 0 Å². The highest BCUT2D eigenvalue weighted by molar-refractivity contribution is 7.13. The molecule has 0 fully saturated rings. The number of benzene rings is 2. The highest BCUT2D eigenvalue weighted by atomic mass is 32.1. The van der Waals surface area contributed by atoms with Crippen LogP contribution in [0, 0.1) is 5.82 Å². The quantitative estimate of drug-likeness (QED) is 0.264. The Balaban J connectivity index is 1.30. The molecule has 3 heterocycles. The molecular weight excluding hydrogens is 447 g/mol. The highest BCUT2D eigenvalue weighted by Gasteiger charge is 2.20. The van der Waals surface area contributed by atoms with Gasteiger partial charge in [-0.3, -0.25) is 4.57 Å². The summed E-state index contributed by atoms with van der Waals surface area (Å²) >= 11 is 1.44. The Morgan fingerprint density at radius 1 is 1.09 bits per heavy atom. The van der Waals surface area contributed by atoms with Gasteiger partial charge >= 0.3 is 11.7 Å². The zero-order valence-electron chi connectivity index (χ0n) is 17.2. The van der Waals surface area contributed by atoms with E-state index in [0.29, 0.717) is 35.6 Å². The Bertz CT molecular complexity index is 1470. The Morgan fingerprint density at radius 3 is 2.70 bits per heavy atom. The van der Waals surface area contributed by atoms with Gasteiger partial charge in [-0.2, -0.15) is 4.98 Å². The van der Waals surface area contributed by atoms with Crippen LogP contribution in [0.15, 0.2) is 75.3 Å². The minimum Gasteiger partial charge on any atom is -0.460 e. The van der Waals surface area contributed by atoms with Crippen LogP contribution in [0.1, 0.15) is 17.0 Å². The fourth-order valence-electron chi connectivity index (χ4n) is 3.40. The number of aromatic nitrogens is 4. The van der Waals surface area contributed by atoms with Gasteiger partial charge in [-0.1, -0.05) is 18.2 Å². The normalized spacial score (nSPS) is 11.2. The lowest BCUT2D eigenvalue weighted by molar-refractivity contribution is 0.0481. The Labute approximate surface area is 190 Å². The molecule has 0 unspecified atom stereocenters. The SMILES string of the molecule is O=C(OCCCn1c(=O)oc2ccccc21)c1nc(-c2cccs2)n(-c2ccc(F)cc2)n1. The maximum absolute atomic E-state index is 13.4. The summed E-state index contributed by atoms with van der Waals surface area (Å²) in [7, 11) is 0. The molecule has 0 saturated heterocycles. The molecule has 0 N–H and O–H groups in total. The maximum atomic E-state index is 13.4. The molecule has 5 aromatic rings. The van der Waals surface area contributed by atoms with Crippen molar-refractivity contribution in [2.45, 2.75) is 13.0 Å². The largest absolute Gasteiger partial charge is 0.460 e. The smallest absolute Gasteiger partial charge is 0.419 e. The van der Waals surface area contributed by atoms with E-state index in [2.05, 4.69) is 10.1 Å². The molecule has 33 heavy (non-hydrogen) atoms. The van der Waals surface area contributed by atoms with Crippen molar-refractivity contribution in [3.63, 3.8) is 0 Å². The monoisotopic (exact) mass is 464 g/mol. The van der Waals surface area contributed by atoms with Crippen molar-refractivity contribution in [3.8, 4) is 16.4 Å². The van der Waals surface area contributed by atoms with E-state index in [-0.39, 0.29) is 18.2 Å². The van der Waals surface area contributed by atoms with Gasteiger partial charge in [0.05, 0.1) is 22.7 Å². The van der Waals surface area contributed by atoms with Gasteiger partial charge in [-0.25, -0.2) is 18.7 Å². The lowest BCUT2D eigenvalue weighted by atomic mass is 10.3. The topological polar surface area (TPSA) is 92.1 Å². The number of nitrogens with zero attached hydrogens (tertiary/aromatic N) is 4. The second kappa shape index (κ2) is 8.83. The molecular formula is C23H17FN4O4S. The van der Waals surface area contributed by atoms with Gasteiger partial charge in [-0.15, -0.1) is 16.4 Å². The highest BCUT2D eigenvalue weighted by Crippen LogP contribution is 2.26. The third-order valence-corrected chi connectivity index (χ3v) is 5.80. The van der Waals surface area contributed by atoms with E-state index in [1.165, 1.54) is 32.7 Å². The summed E-state index contributed by atoms with van der Waals surface area (Å²) in [6, 6.07) is 16.6. The molecule has 5 rings (SSSR count). The van der Waals surface area contributed by atoms with E-state index >= 15 is 0 Å². The number of carbonyl (C=O) groups is 1. The molecule has 0 bridgehead atoms. The van der Waals surface area contributed by atoms with Crippen LogP contribution in [-0.4, -0.2) is 31.9 Å². The standard InChI is InChI=1S/C23H17FN4O4S/c24-15-8-10-16(11-9-15)28-21(19-7-3-14-33-19)25-20(26-28)22(29)31-13-4-12-27-17-5-1-2-6-18(17)32-23(27)30/h1-3,5-11,14H,4,12-13H2. The summed E-state index contributed by atoms with van der Waals surface area (Å²) in [4.78, 5) is 29.8. The number of halogens is 1. The molecule has 0 amide bonds. The van der Waals surface area contributed by atoms with Crippen molar-refractivity contribution in [3.05, 3.63) is 88.2 Å². The lowest BCUT2D eigenvalue weighted by Gasteiger charge is -2.04. The van der Waals surface area contributed by atoms with Gasteiger partial charge in [0, 0.05) is 6.54 Å². The predicted molar refractivity (Wildman–Crippen MR) is 120 cm³/mol. The Kier molecular flexibility index (Phi) is 5.57. The van der Waals surface area contributed by atoms with Gasteiger partial charge in [0.15, 0.2) is 11.4 Å². The molecule has 3 aromatic heterocycles. The fourth-order valence-corrected chi connectivity index (χ4v) is 4.10. The van der Waals surface area contributed by atoms with Crippen molar-refractivity contribution in [2.75, 3.05) is 6.61 Å². The number of aryl methyl sites for hydroxylation is 1. The third kappa shape index (κ3) is 4.20. The Morgan fingerprint density at radius 2 is 1.91 bits per heavy atom. The Hall–Kier alpha value is -4.05. The molecule has 0 aliphatic heterocycles. The first-order valence-electron chi connectivity index (χ1n) is 10.1. The molecule has 0 aliphatic carbocycles. The van der Waals surface area contributed by atoms with Crippen LogP contribution in [0.2, 0.25) is 0 Å². The van der Waals surface area contributed by atoms with Crippen LogP contribution in [0.25, 0.3) is 27.5 Å². The van der Waals surface area contributed by atoms with E-state index in [4.69, 9.17) is 9.15 Å². The number of hydrogen-bond donors (Lipinski definition) is 0. The van der Waals surface area contributed by atoms with Crippen LogP contribution in [0.5, 0.6) is 0 Å². The number of para-hydroxylation sites is 2. The first-order valence-corrected chi connectivity index (χ1v) is 11.0. The van der Waals surface area contributed by atoms with Crippen LogP contribution in [-0.2, 0) is 11.3 Å². The van der Waals surface area contributed by atoms with Gasteiger partial charge in [0.25, 0.3) is 5.82 Å². The first-order chi connectivity index (χ1) is 16.1. The van der Waals surface area contributed by atoms with Crippen molar-refractivity contribution >= 4 is 28.4 Å². The molecule has 8 nitrogen and oxygen atoms in total. The zero-order valence-corrected chi connectivity index (χ0v) is 18.0. The summed E-state index contributed by atoms with van der Waals surface area (Å²) in [5.74, 6) is -1.16. The number of carbonyl (C=O) groups excluding carboxylic acids is 1. The molecule has 0 atom stereocenters. The van der Waals surface area contributed by atoms with Crippen LogP contribution in [0.4, 0.5) is 4.39 Å². The van der Waals surface area contributed by atoms with Gasteiger partial charge in [0.1, 0.15) is 5.82 Å². The second-order valence-corrected chi connectivity index (χ2v) is 8.05. The van der Waals surface area contributed by atoms with Crippen molar-refractivity contribution in [1.82, 2.24) is 19.3 Å². The summed E-state index contributed by atoms with van der Waals surface area (Å²) in [5.41, 5.74) is 1.77. The molecule has 10 heteroatoms. The molecule has 0 aliphatic rings. The number of fused-ring (bicyclic) bond motifs is 1. The maximum Gasteiger partial charge on any atom is 0.419 e. The van der Waals surface area contributed by atoms with E-state index in [0.717, 1.165) is 4.88 Å². The van der Waals surface area contributed by atoms with Crippen LogP contribution >= 0.6 is 11.3 Å². The molecule has 0 spiro atoms. The predicted octanol–water partition coefficient (Wildman–Crippen LogP) is 4.29. The summed E-state index contributed by atoms with van der Waals surface area (Å²) in [6.45, 7) is 0.408. The molecule has 0 saturated carbocycles. The number of ether oxygens (including phenoxy) is 1. The van der Waals surface area contributed by atoms with E-state index in [1.807, 2.05) is 23.6 Å². The molecule has 2 aromatic carbocycles. The van der Waals surface area contributed by atoms with Crippen molar-refractivity contribution in [2.24, 2.45) is 0 Å². The number of thiophene rings is 1. The van der Waals surface area contributed by atoms with Gasteiger partial charge in [0.2, 0.25) is 0 Å². The van der Waals surface area contributed by atoms with Gasteiger partial charge in [-0.05, 0) is 54.3 Å². The van der Waals surface area contributed by atoms with E-state index < -0.39 is 11.7 Å². The fraction of sp³-hybridized carbons (Fsp3) is 0.130. The number of hydrogen-bond acceptors (Lipinski definition) is 7. The zero-order chi connectivity index (χ0) is 22.8. The van der Waals surface area contributed by atoms with E-state index in [1.54, 1.807) is 30.3 Å². The third-order valence-electron chi connectivity index (χ3n) is 4.94. The minimum atomic E-state index is -0.682. The van der Waals surface area contributed by atoms with E-state index in [9.17, 15) is 14.0 Å². The number of esters is 1. The number of rotatable bonds is 7. The van der Waals surface area contributed by atoms with Crippen LogP contribution < -0.4 is 5.76 Å². The van der Waals surface area contributed by atoms with Crippen LogP contribution in [0.3, 0.4) is 0 Å². The minimum absolute atomic E-state index is 0.0736. The molecule has 0 radical (unpaired) electrons. The first kappa shape index (κ1) is 20.8. The lowest BCUT2D eigenvalue weighted by Crippen LogP contribution is -2.16. The van der Waals surface area contributed by atoms with Crippen molar-refractivity contribution < 1.29 is 18.3 Å².